The lowest BCUT2D eigenvalue weighted by Gasteiger charge is -2.11. The SMILES string of the molecule is CCc1cccc(CNC(=O)c2nc(-c3ccc(OC)c4nc(C(F)(F)F)ccc34)oc2CN)c1. The Labute approximate surface area is 199 Å². The second-order valence-electron chi connectivity index (χ2n) is 7.76. The van der Waals surface area contributed by atoms with Crippen molar-refractivity contribution >= 4 is 16.8 Å². The monoisotopic (exact) mass is 484 g/mol. The van der Waals surface area contributed by atoms with Gasteiger partial charge in [-0.25, -0.2) is 9.97 Å². The van der Waals surface area contributed by atoms with E-state index in [1.165, 1.54) is 19.2 Å². The fourth-order valence-electron chi connectivity index (χ4n) is 3.71. The number of aromatic nitrogens is 2. The summed E-state index contributed by atoms with van der Waals surface area (Å²) in [5.74, 6) is -0.119. The lowest BCUT2D eigenvalue weighted by atomic mass is 10.1. The molecule has 10 heteroatoms. The summed E-state index contributed by atoms with van der Waals surface area (Å²) < 4.78 is 50.6. The third kappa shape index (κ3) is 4.97. The molecule has 7 nitrogen and oxygen atoms in total. The molecule has 0 aliphatic heterocycles. The Hall–Kier alpha value is -3.92. The van der Waals surface area contributed by atoms with E-state index in [1.807, 2.05) is 31.2 Å². The Kier molecular flexibility index (Phi) is 6.74. The molecule has 2 heterocycles. The molecule has 2 aromatic heterocycles. The summed E-state index contributed by atoms with van der Waals surface area (Å²) in [7, 11) is 1.34. The van der Waals surface area contributed by atoms with Gasteiger partial charge in [-0.3, -0.25) is 4.79 Å². The van der Waals surface area contributed by atoms with Gasteiger partial charge in [0.05, 0.1) is 13.7 Å². The average molecular weight is 484 g/mol. The lowest BCUT2D eigenvalue weighted by molar-refractivity contribution is -0.140. The number of carbonyl (C=O) groups excluding carboxylic acids is 1. The minimum absolute atomic E-state index is 0.00543. The molecular weight excluding hydrogens is 461 g/mol. The first-order chi connectivity index (χ1) is 16.7. The van der Waals surface area contributed by atoms with Crippen LogP contribution >= 0.6 is 0 Å². The van der Waals surface area contributed by atoms with E-state index in [0.717, 1.165) is 23.6 Å². The van der Waals surface area contributed by atoms with Crippen LogP contribution in [0.2, 0.25) is 0 Å². The molecule has 2 aromatic carbocycles. The Morgan fingerprint density at radius 1 is 1.11 bits per heavy atom. The first-order valence-corrected chi connectivity index (χ1v) is 10.9. The number of nitrogens with one attached hydrogen (secondary N) is 1. The van der Waals surface area contributed by atoms with Crippen molar-refractivity contribution in [2.75, 3.05) is 7.11 Å². The summed E-state index contributed by atoms with van der Waals surface area (Å²) in [5, 5.41) is 3.14. The van der Waals surface area contributed by atoms with Crippen molar-refractivity contribution in [3.63, 3.8) is 0 Å². The highest BCUT2D eigenvalue weighted by Gasteiger charge is 2.33. The molecule has 0 atom stereocenters. The maximum absolute atomic E-state index is 13.2. The fraction of sp³-hybridized carbons (Fsp3) is 0.240. The van der Waals surface area contributed by atoms with E-state index in [2.05, 4.69) is 15.3 Å². The molecule has 0 unspecified atom stereocenters. The number of ether oxygens (including phenoxy) is 1. The number of methoxy groups -OCH3 is 1. The van der Waals surface area contributed by atoms with Gasteiger partial charge in [-0.1, -0.05) is 31.2 Å². The molecule has 0 saturated heterocycles. The summed E-state index contributed by atoms with van der Waals surface area (Å²) in [4.78, 5) is 20.9. The van der Waals surface area contributed by atoms with E-state index in [0.29, 0.717) is 10.9 Å². The zero-order chi connectivity index (χ0) is 25.2. The van der Waals surface area contributed by atoms with E-state index >= 15 is 0 Å². The van der Waals surface area contributed by atoms with E-state index in [1.54, 1.807) is 6.07 Å². The second kappa shape index (κ2) is 9.75. The molecule has 0 spiro atoms. The zero-order valence-electron chi connectivity index (χ0n) is 19.1. The quantitative estimate of drug-likeness (QED) is 0.388. The lowest BCUT2D eigenvalue weighted by Crippen LogP contribution is -2.24. The van der Waals surface area contributed by atoms with Gasteiger partial charge in [0.25, 0.3) is 5.91 Å². The van der Waals surface area contributed by atoms with Gasteiger partial charge in [0.2, 0.25) is 5.89 Å². The summed E-state index contributed by atoms with van der Waals surface area (Å²) >= 11 is 0. The van der Waals surface area contributed by atoms with Crippen LogP contribution in [0.25, 0.3) is 22.4 Å². The number of oxazole rings is 1. The molecule has 0 bridgehead atoms. The summed E-state index contributed by atoms with van der Waals surface area (Å²) in [6.45, 7) is 2.24. The zero-order valence-corrected chi connectivity index (χ0v) is 19.1. The van der Waals surface area contributed by atoms with Gasteiger partial charge in [0, 0.05) is 17.5 Å². The summed E-state index contributed by atoms with van der Waals surface area (Å²) in [5.41, 5.74) is 7.17. The first kappa shape index (κ1) is 24.2. The third-order valence-electron chi connectivity index (χ3n) is 5.51. The Morgan fingerprint density at radius 2 is 1.89 bits per heavy atom. The minimum Gasteiger partial charge on any atom is -0.494 e. The molecular formula is C25H23F3N4O3. The third-order valence-corrected chi connectivity index (χ3v) is 5.51. The fourth-order valence-corrected chi connectivity index (χ4v) is 3.71. The smallest absolute Gasteiger partial charge is 0.433 e. The maximum atomic E-state index is 13.2. The Balaban J connectivity index is 1.69. The van der Waals surface area contributed by atoms with Crippen LogP contribution in [0.5, 0.6) is 5.75 Å². The molecule has 4 rings (SSSR count). The van der Waals surface area contributed by atoms with Crippen LogP contribution in [0, 0.1) is 0 Å². The van der Waals surface area contributed by atoms with Gasteiger partial charge < -0.3 is 20.2 Å². The number of fused-ring (bicyclic) bond motifs is 1. The van der Waals surface area contributed by atoms with E-state index < -0.39 is 17.8 Å². The van der Waals surface area contributed by atoms with Crippen LogP contribution in [0.3, 0.4) is 0 Å². The number of alkyl halides is 3. The second-order valence-corrected chi connectivity index (χ2v) is 7.76. The largest absolute Gasteiger partial charge is 0.494 e. The van der Waals surface area contributed by atoms with Crippen molar-refractivity contribution in [3.8, 4) is 17.2 Å². The number of hydrogen-bond acceptors (Lipinski definition) is 6. The molecule has 0 aliphatic rings. The standard InChI is InChI=1S/C25H23F3N4O3/c1-3-14-5-4-6-15(11-14)13-30-23(33)22-19(12-29)35-24(32-22)17-7-9-18(34-2)21-16(17)8-10-20(31-21)25(26,27)28/h4-11H,3,12-13,29H2,1-2H3,(H,30,33). The van der Waals surface area contributed by atoms with Crippen LogP contribution in [-0.4, -0.2) is 23.0 Å². The number of carbonyl (C=O) groups is 1. The van der Waals surface area contributed by atoms with Crippen LogP contribution in [-0.2, 0) is 25.7 Å². The van der Waals surface area contributed by atoms with Crippen LogP contribution in [0.15, 0.2) is 52.9 Å². The van der Waals surface area contributed by atoms with Crippen LogP contribution in [0.4, 0.5) is 13.2 Å². The minimum atomic E-state index is -4.62. The maximum Gasteiger partial charge on any atom is 0.433 e. The van der Waals surface area contributed by atoms with Crippen molar-refractivity contribution in [1.82, 2.24) is 15.3 Å². The first-order valence-electron chi connectivity index (χ1n) is 10.9. The number of benzene rings is 2. The number of hydrogen-bond donors (Lipinski definition) is 2. The number of nitrogens with two attached hydrogens (primary N) is 1. The highest BCUT2D eigenvalue weighted by atomic mass is 19.4. The highest BCUT2D eigenvalue weighted by Crippen LogP contribution is 2.36. The number of nitrogens with zero attached hydrogens (tertiary/aromatic N) is 2. The molecule has 35 heavy (non-hydrogen) atoms. The summed E-state index contributed by atoms with van der Waals surface area (Å²) in [6.07, 6.45) is -3.74. The molecule has 3 N–H and O–H groups in total. The molecule has 182 valence electrons. The van der Waals surface area contributed by atoms with Crippen molar-refractivity contribution in [3.05, 3.63) is 76.8 Å². The summed E-state index contributed by atoms with van der Waals surface area (Å²) in [6, 6.07) is 13.0. The Morgan fingerprint density at radius 3 is 2.57 bits per heavy atom. The van der Waals surface area contributed by atoms with Gasteiger partial charge in [-0.2, -0.15) is 13.2 Å². The van der Waals surface area contributed by atoms with Crippen LogP contribution < -0.4 is 15.8 Å². The normalized spacial score (nSPS) is 11.6. The highest BCUT2D eigenvalue weighted by molar-refractivity contribution is 5.98. The Bertz CT molecular complexity index is 1380. The molecule has 1 amide bonds. The van der Waals surface area contributed by atoms with Crippen molar-refractivity contribution < 1.29 is 27.1 Å². The molecule has 0 saturated carbocycles. The number of rotatable bonds is 7. The topological polar surface area (TPSA) is 103 Å². The van der Waals surface area contributed by atoms with E-state index in [-0.39, 0.29) is 41.7 Å². The van der Waals surface area contributed by atoms with Crippen molar-refractivity contribution in [1.29, 1.82) is 0 Å². The van der Waals surface area contributed by atoms with Gasteiger partial charge in [-0.15, -0.1) is 0 Å². The number of aryl methyl sites for hydroxylation is 1. The number of pyridine rings is 1. The number of halogens is 3. The van der Waals surface area contributed by atoms with Crippen molar-refractivity contribution in [2.24, 2.45) is 5.73 Å². The molecule has 0 aliphatic carbocycles. The van der Waals surface area contributed by atoms with E-state index in [4.69, 9.17) is 14.9 Å². The van der Waals surface area contributed by atoms with Crippen molar-refractivity contribution in [2.45, 2.75) is 32.6 Å². The predicted molar refractivity (Wildman–Crippen MR) is 124 cm³/mol. The van der Waals surface area contributed by atoms with Crippen LogP contribution in [0.1, 0.15) is 40.0 Å². The van der Waals surface area contributed by atoms with Gasteiger partial charge in [0.15, 0.2) is 11.5 Å². The number of amides is 1. The van der Waals surface area contributed by atoms with E-state index in [9.17, 15) is 18.0 Å². The molecule has 0 fully saturated rings. The average Bonchev–Trinajstić information content (AvgIpc) is 3.30. The molecule has 4 aromatic rings. The predicted octanol–water partition coefficient (Wildman–Crippen LogP) is 4.87. The van der Waals surface area contributed by atoms with Gasteiger partial charge in [-0.05, 0) is 41.8 Å². The molecule has 0 radical (unpaired) electrons. The van der Waals surface area contributed by atoms with Gasteiger partial charge >= 0.3 is 6.18 Å². The van der Waals surface area contributed by atoms with Gasteiger partial charge in [0.1, 0.15) is 17.0 Å².